The zero-order valence-corrected chi connectivity index (χ0v) is 10.4. The van der Waals surface area contributed by atoms with Gasteiger partial charge in [-0.2, -0.15) is 0 Å². The lowest BCUT2D eigenvalue weighted by Gasteiger charge is -2.13. The molecular formula is C12H18N2O3. The fourth-order valence-corrected chi connectivity index (χ4v) is 1.58. The van der Waals surface area contributed by atoms with Crippen molar-refractivity contribution in [1.29, 1.82) is 0 Å². The number of non-ortho nitro benzene ring substituents is 1. The molecule has 0 aliphatic carbocycles. The number of hydrogen-bond donors (Lipinski definition) is 1. The van der Waals surface area contributed by atoms with Crippen molar-refractivity contribution in [2.45, 2.75) is 26.9 Å². The zero-order chi connectivity index (χ0) is 12.8. The first-order chi connectivity index (χ1) is 8.02. The third-order valence-electron chi connectivity index (χ3n) is 2.32. The van der Waals surface area contributed by atoms with Crippen molar-refractivity contribution in [3.8, 4) is 0 Å². The Hall–Kier alpha value is -1.62. The average molecular weight is 238 g/mol. The summed E-state index contributed by atoms with van der Waals surface area (Å²) in [6, 6.07) is 4.97. The number of nitro benzene ring substituents is 1. The van der Waals surface area contributed by atoms with Gasteiger partial charge in [0, 0.05) is 31.0 Å². The summed E-state index contributed by atoms with van der Waals surface area (Å²) in [6.07, 6.45) is 0.0829. The van der Waals surface area contributed by atoms with Crippen LogP contribution in [0, 0.1) is 17.0 Å². The van der Waals surface area contributed by atoms with Gasteiger partial charge in [0.1, 0.15) is 0 Å². The minimum absolute atomic E-state index is 0.0829. The molecule has 0 amide bonds. The van der Waals surface area contributed by atoms with Crippen molar-refractivity contribution in [3.05, 3.63) is 33.9 Å². The Balaban J connectivity index is 2.68. The standard InChI is InChI=1S/C12H18N2O3/c1-4-17-10(3)8-13-11-5-9(2)6-12(7-11)14(15)16/h5-7,10,13H,4,8H2,1-3H3. The minimum atomic E-state index is -0.385. The van der Waals surface area contributed by atoms with Gasteiger partial charge in [-0.1, -0.05) is 0 Å². The van der Waals surface area contributed by atoms with Crippen LogP contribution in [0.25, 0.3) is 0 Å². The second-order valence-corrected chi connectivity index (χ2v) is 3.96. The fraction of sp³-hybridized carbons (Fsp3) is 0.500. The molecule has 94 valence electrons. The lowest BCUT2D eigenvalue weighted by molar-refractivity contribution is -0.384. The van der Waals surface area contributed by atoms with Gasteiger partial charge in [-0.05, 0) is 32.4 Å². The van der Waals surface area contributed by atoms with Gasteiger partial charge in [0.15, 0.2) is 0 Å². The molecule has 0 radical (unpaired) electrons. The molecule has 1 unspecified atom stereocenters. The van der Waals surface area contributed by atoms with Crippen molar-refractivity contribution >= 4 is 11.4 Å². The molecule has 5 nitrogen and oxygen atoms in total. The molecule has 0 fully saturated rings. The third kappa shape index (κ3) is 4.40. The van der Waals surface area contributed by atoms with Gasteiger partial charge in [0.05, 0.1) is 11.0 Å². The molecule has 5 heteroatoms. The summed E-state index contributed by atoms with van der Waals surface area (Å²) in [7, 11) is 0. The molecule has 0 saturated heterocycles. The van der Waals surface area contributed by atoms with Gasteiger partial charge in [0.2, 0.25) is 0 Å². The van der Waals surface area contributed by atoms with E-state index < -0.39 is 0 Å². The smallest absolute Gasteiger partial charge is 0.271 e. The first-order valence-corrected chi connectivity index (χ1v) is 5.64. The number of anilines is 1. The molecule has 1 rings (SSSR count). The van der Waals surface area contributed by atoms with Crippen LogP contribution in [0.2, 0.25) is 0 Å². The molecule has 0 aliphatic rings. The number of nitrogens with zero attached hydrogens (tertiary/aromatic N) is 1. The summed E-state index contributed by atoms with van der Waals surface area (Å²) >= 11 is 0. The van der Waals surface area contributed by atoms with E-state index in [1.54, 1.807) is 6.07 Å². The van der Waals surface area contributed by atoms with Crippen LogP contribution in [0.15, 0.2) is 18.2 Å². The first-order valence-electron chi connectivity index (χ1n) is 5.64. The highest BCUT2D eigenvalue weighted by Gasteiger charge is 2.08. The summed E-state index contributed by atoms with van der Waals surface area (Å²) in [6.45, 7) is 7.03. The van der Waals surface area contributed by atoms with Crippen LogP contribution in [-0.2, 0) is 4.74 Å². The van der Waals surface area contributed by atoms with E-state index in [1.165, 1.54) is 6.07 Å². The molecular weight excluding hydrogens is 220 g/mol. The molecule has 0 bridgehead atoms. The number of nitro groups is 1. The number of nitrogens with one attached hydrogen (secondary N) is 1. The van der Waals surface area contributed by atoms with Gasteiger partial charge in [-0.3, -0.25) is 10.1 Å². The molecule has 0 saturated carbocycles. The lowest BCUT2D eigenvalue weighted by Crippen LogP contribution is -2.19. The Labute approximate surface area is 101 Å². The molecule has 0 heterocycles. The van der Waals surface area contributed by atoms with E-state index >= 15 is 0 Å². The molecule has 0 aromatic heterocycles. The number of ether oxygens (including phenoxy) is 1. The van der Waals surface area contributed by atoms with Crippen LogP contribution in [0.4, 0.5) is 11.4 Å². The van der Waals surface area contributed by atoms with Crippen molar-refractivity contribution in [3.63, 3.8) is 0 Å². The quantitative estimate of drug-likeness (QED) is 0.611. The molecule has 0 spiro atoms. The normalized spacial score (nSPS) is 12.2. The van der Waals surface area contributed by atoms with Crippen LogP contribution >= 0.6 is 0 Å². The predicted molar refractivity (Wildman–Crippen MR) is 67.4 cm³/mol. The molecule has 1 N–H and O–H groups in total. The Bertz CT molecular complexity index is 393. The summed E-state index contributed by atoms with van der Waals surface area (Å²) in [4.78, 5) is 10.3. The van der Waals surface area contributed by atoms with Crippen LogP contribution in [-0.4, -0.2) is 24.2 Å². The molecule has 17 heavy (non-hydrogen) atoms. The highest BCUT2D eigenvalue weighted by Crippen LogP contribution is 2.20. The van der Waals surface area contributed by atoms with Crippen LogP contribution in [0.1, 0.15) is 19.4 Å². The summed E-state index contributed by atoms with van der Waals surface area (Å²) in [5.74, 6) is 0. The van der Waals surface area contributed by atoms with Crippen LogP contribution < -0.4 is 5.32 Å². The third-order valence-corrected chi connectivity index (χ3v) is 2.32. The van der Waals surface area contributed by atoms with Gasteiger partial charge >= 0.3 is 0 Å². The highest BCUT2D eigenvalue weighted by atomic mass is 16.6. The molecule has 0 aliphatic heterocycles. The van der Waals surface area contributed by atoms with Crippen molar-refractivity contribution in [2.75, 3.05) is 18.5 Å². The Kier molecular flexibility index (Phi) is 4.90. The van der Waals surface area contributed by atoms with Gasteiger partial charge in [-0.25, -0.2) is 0 Å². The number of benzene rings is 1. The van der Waals surface area contributed by atoms with Crippen molar-refractivity contribution < 1.29 is 9.66 Å². The summed E-state index contributed by atoms with van der Waals surface area (Å²) in [5.41, 5.74) is 1.73. The fourth-order valence-electron chi connectivity index (χ4n) is 1.58. The van der Waals surface area contributed by atoms with E-state index in [0.29, 0.717) is 13.2 Å². The zero-order valence-electron chi connectivity index (χ0n) is 10.4. The van der Waals surface area contributed by atoms with E-state index in [1.807, 2.05) is 26.8 Å². The summed E-state index contributed by atoms with van der Waals surface area (Å²) in [5, 5.41) is 13.8. The highest BCUT2D eigenvalue weighted by molar-refractivity contribution is 5.53. The number of rotatable bonds is 6. The van der Waals surface area contributed by atoms with Crippen LogP contribution in [0.3, 0.4) is 0 Å². The Morgan fingerprint density at radius 2 is 2.18 bits per heavy atom. The van der Waals surface area contributed by atoms with Crippen molar-refractivity contribution in [2.24, 2.45) is 0 Å². The monoisotopic (exact) mass is 238 g/mol. The molecule has 1 aromatic rings. The maximum absolute atomic E-state index is 10.7. The van der Waals surface area contributed by atoms with Crippen molar-refractivity contribution in [1.82, 2.24) is 0 Å². The number of hydrogen-bond acceptors (Lipinski definition) is 4. The van der Waals surface area contributed by atoms with Gasteiger partial charge in [-0.15, -0.1) is 0 Å². The van der Waals surface area contributed by atoms with E-state index in [-0.39, 0.29) is 16.7 Å². The van der Waals surface area contributed by atoms with E-state index in [9.17, 15) is 10.1 Å². The first kappa shape index (κ1) is 13.4. The van der Waals surface area contributed by atoms with E-state index in [2.05, 4.69) is 5.32 Å². The Morgan fingerprint density at radius 3 is 2.76 bits per heavy atom. The SMILES string of the molecule is CCOC(C)CNc1cc(C)cc([N+](=O)[O-])c1. The molecule has 1 atom stereocenters. The molecule has 1 aromatic carbocycles. The van der Waals surface area contributed by atoms with E-state index in [4.69, 9.17) is 4.74 Å². The predicted octanol–water partition coefficient (Wildman–Crippen LogP) is 2.74. The van der Waals surface area contributed by atoms with Gasteiger partial charge < -0.3 is 10.1 Å². The maximum Gasteiger partial charge on any atom is 0.271 e. The topological polar surface area (TPSA) is 64.4 Å². The minimum Gasteiger partial charge on any atom is -0.382 e. The lowest BCUT2D eigenvalue weighted by atomic mass is 10.2. The average Bonchev–Trinajstić information content (AvgIpc) is 2.26. The maximum atomic E-state index is 10.7. The van der Waals surface area contributed by atoms with E-state index in [0.717, 1.165) is 11.3 Å². The Morgan fingerprint density at radius 1 is 1.47 bits per heavy atom. The number of aryl methyl sites for hydroxylation is 1. The summed E-state index contributed by atoms with van der Waals surface area (Å²) < 4.78 is 5.38. The van der Waals surface area contributed by atoms with Crippen LogP contribution in [0.5, 0.6) is 0 Å². The second kappa shape index (κ2) is 6.20. The second-order valence-electron chi connectivity index (χ2n) is 3.96. The largest absolute Gasteiger partial charge is 0.382 e. The van der Waals surface area contributed by atoms with Gasteiger partial charge in [0.25, 0.3) is 5.69 Å².